The van der Waals surface area contributed by atoms with Gasteiger partial charge >= 0.3 is 12.1 Å². The van der Waals surface area contributed by atoms with Crippen molar-refractivity contribution in [3.8, 4) is 5.69 Å². The highest BCUT2D eigenvalue weighted by Gasteiger charge is 2.35. The van der Waals surface area contributed by atoms with E-state index in [0.29, 0.717) is 16.9 Å². The second-order valence-corrected chi connectivity index (χ2v) is 6.36. The average Bonchev–Trinajstić information content (AvgIpc) is 3.05. The second kappa shape index (κ2) is 7.20. The SMILES string of the molecule is CCOC(=O)c1ncn2c1CN=C(c1ccccc1C(F)(F)F)c1ccccc1-2. The molecule has 0 radical (unpaired) electrons. The highest BCUT2D eigenvalue weighted by atomic mass is 19.4. The van der Waals surface area contributed by atoms with Gasteiger partial charge in [-0.1, -0.05) is 36.4 Å². The van der Waals surface area contributed by atoms with E-state index in [1.54, 1.807) is 41.8 Å². The largest absolute Gasteiger partial charge is 0.461 e. The highest BCUT2D eigenvalue weighted by Crippen LogP contribution is 2.35. The smallest absolute Gasteiger partial charge is 0.417 e. The number of imidazole rings is 1. The number of esters is 1. The fourth-order valence-corrected chi connectivity index (χ4v) is 3.39. The molecule has 0 aliphatic carbocycles. The molecule has 0 saturated heterocycles. The Morgan fingerprint density at radius 1 is 1.10 bits per heavy atom. The molecule has 0 N–H and O–H groups in total. The molecule has 0 bridgehead atoms. The number of aromatic nitrogens is 2. The zero-order chi connectivity index (χ0) is 20.6. The summed E-state index contributed by atoms with van der Waals surface area (Å²) < 4.78 is 47.5. The van der Waals surface area contributed by atoms with Crippen molar-refractivity contribution in [3.05, 3.63) is 82.9 Å². The van der Waals surface area contributed by atoms with E-state index in [1.165, 1.54) is 18.5 Å². The quantitative estimate of drug-likeness (QED) is 0.613. The predicted octanol–water partition coefficient (Wildman–Crippen LogP) is 4.42. The van der Waals surface area contributed by atoms with Crippen molar-refractivity contribution < 1.29 is 22.7 Å². The summed E-state index contributed by atoms with van der Waals surface area (Å²) in [6.07, 6.45) is -3.05. The van der Waals surface area contributed by atoms with Crippen molar-refractivity contribution in [3.63, 3.8) is 0 Å². The monoisotopic (exact) mass is 399 g/mol. The Labute approximate surface area is 164 Å². The van der Waals surface area contributed by atoms with E-state index in [4.69, 9.17) is 4.74 Å². The van der Waals surface area contributed by atoms with E-state index >= 15 is 0 Å². The maximum absolute atomic E-state index is 13.6. The molecule has 0 unspecified atom stereocenters. The van der Waals surface area contributed by atoms with Gasteiger partial charge in [-0.05, 0) is 19.1 Å². The van der Waals surface area contributed by atoms with Gasteiger partial charge < -0.3 is 4.74 Å². The van der Waals surface area contributed by atoms with Gasteiger partial charge in [-0.15, -0.1) is 0 Å². The normalized spacial score (nSPS) is 13.2. The lowest BCUT2D eigenvalue weighted by molar-refractivity contribution is -0.137. The van der Waals surface area contributed by atoms with Crippen LogP contribution < -0.4 is 0 Å². The van der Waals surface area contributed by atoms with Crippen LogP contribution in [0, 0.1) is 0 Å². The molecule has 1 aliphatic rings. The van der Waals surface area contributed by atoms with Crippen LogP contribution in [0.5, 0.6) is 0 Å². The van der Waals surface area contributed by atoms with Crippen LogP contribution in [-0.4, -0.2) is 27.8 Å². The van der Waals surface area contributed by atoms with Gasteiger partial charge in [0.2, 0.25) is 0 Å². The first-order chi connectivity index (χ1) is 13.9. The summed E-state index contributed by atoms with van der Waals surface area (Å²) >= 11 is 0. The number of fused-ring (bicyclic) bond motifs is 3. The number of halogens is 3. The molecule has 29 heavy (non-hydrogen) atoms. The number of hydrogen-bond acceptors (Lipinski definition) is 4. The van der Waals surface area contributed by atoms with Crippen molar-refractivity contribution in [1.82, 2.24) is 9.55 Å². The fraction of sp³-hybridized carbons (Fsp3) is 0.190. The standard InChI is InChI=1S/C21H16F3N3O2/c1-2-29-20(28)19-17-11-25-18(13-7-3-5-9-15(13)21(22,23)24)14-8-4-6-10-16(14)27(17)12-26-19/h3-10,12H,2,11H2,1H3. The number of nitrogens with zero attached hydrogens (tertiary/aromatic N) is 3. The van der Waals surface area contributed by atoms with E-state index < -0.39 is 17.7 Å². The number of benzene rings is 2. The molecular weight excluding hydrogens is 383 g/mol. The van der Waals surface area contributed by atoms with Crippen molar-refractivity contribution in [1.29, 1.82) is 0 Å². The highest BCUT2D eigenvalue weighted by molar-refractivity contribution is 6.16. The van der Waals surface area contributed by atoms with E-state index in [-0.39, 0.29) is 30.1 Å². The summed E-state index contributed by atoms with van der Waals surface area (Å²) in [7, 11) is 0. The molecule has 0 amide bonds. The summed E-state index contributed by atoms with van der Waals surface area (Å²) in [5.74, 6) is -0.590. The Kier molecular flexibility index (Phi) is 4.70. The number of hydrogen-bond donors (Lipinski definition) is 0. The summed E-state index contributed by atoms with van der Waals surface area (Å²) in [6.45, 7) is 1.87. The molecule has 3 aromatic rings. The van der Waals surface area contributed by atoms with Gasteiger partial charge in [-0.25, -0.2) is 9.78 Å². The Balaban J connectivity index is 1.92. The van der Waals surface area contributed by atoms with Crippen molar-refractivity contribution in [2.24, 2.45) is 4.99 Å². The van der Waals surface area contributed by atoms with Crippen molar-refractivity contribution in [2.45, 2.75) is 19.6 Å². The first-order valence-electron chi connectivity index (χ1n) is 8.96. The maximum Gasteiger partial charge on any atom is 0.417 e. The van der Waals surface area contributed by atoms with Crippen LogP contribution in [0.2, 0.25) is 0 Å². The molecule has 5 nitrogen and oxygen atoms in total. The summed E-state index contributed by atoms with van der Waals surface area (Å²) in [5, 5.41) is 0. The molecule has 2 aromatic carbocycles. The van der Waals surface area contributed by atoms with Crippen LogP contribution in [0.25, 0.3) is 5.69 Å². The Hall–Kier alpha value is -3.42. The topological polar surface area (TPSA) is 56.5 Å². The van der Waals surface area contributed by atoms with Crippen LogP contribution in [0.4, 0.5) is 13.2 Å². The molecule has 4 rings (SSSR count). The van der Waals surface area contributed by atoms with E-state index in [9.17, 15) is 18.0 Å². The minimum absolute atomic E-state index is 0.00957. The van der Waals surface area contributed by atoms with E-state index in [1.807, 2.05) is 0 Å². The lowest BCUT2D eigenvalue weighted by atomic mass is 9.96. The Morgan fingerprint density at radius 3 is 2.52 bits per heavy atom. The molecule has 148 valence electrons. The number of rotatable bonds is 3. The molecule has 8 heteroatoms. The molecule has 0 atom stereocenters. The molecular formula is C21H16F3N3O2. The number of carbonyl (C=O) groups excluding carboxylic acids is 1. The van der Waals surface area contributed by atoms with Gasteiger partial charge in [0.15, 0.2) is 5.69 Å². The van der Waals surface area contributed by atoms with Crippen LogP contribution in [0.3, 0.4) is 0 Å². The Morgan fingerprint density at radius 2 is 1.79 bits per heavy atom. The fourth-order valence-electron chi connectivity index (χ4n) is 3.39. The van der Waals surface area contributed by atoms with Crippen molar-refractivity contribution in [2.75, 3.05) is 6.61 Å². The number of para-hydroxylation sites is 1. The summed E-state index contributed by atoms with van der Waals surface area (Å²) in [4.78, 5) is 20.9. The van der Waals surface area contributed by atoms with E-state index in [2.05, 4.69) is 9.98 Å². The van der Waals surface area contributed by atoms with Gasteiger partial charge in [-0.2, -0.15) is 13.2 Å². The zero-order valence-corrected chi connectivity index (χ0v) is 15.4. The number of aliphatic imine (C=N–C) groups is 1. The van der Waals surface area contributed by atoms with Crippen LogP contribution in [0.1, 0.15) is 39.8 Å². The lowest BCUT2D eigenvalue weighted by Gasteiger charge is -2.16. The average molecular weight is 399 g/mol. The zero-order valence-electron chi connectivity index (χ0n) is 15.4. The minimum Gasteiger partial charge on any atom is -0.461 e. The first-order valence-corrected chi connectivity index (χ1v) is 8.96. The van der Waals surface area contributed by atoms with E-state index in [0.717, 1.165) is 6.07 Å². The molecule has 1 aliphatic heterocycles. The minimum atomic E-state index is -4.52. The molecule has 0 fully saturated rings. The van der Waals surface area contributed by atoms with Gasteiger partial charge in [0, 0.05) is 11.1 Å². The Bertz CT molecular complexity index is 1120. The van der Waals surface area contributed by atoms with Crippen molar-refractivity contribution >= 4 is 11.7 Å². The third kappa shape index (κ3) is 3.30. The molecule has 1 aromatic heterocycles. The van der Waals surface area contributed by atoms with Gasteiger partial charge in [-0.3, -0.25) is 9.56 Å². The maximum atomic E-state index is 13.6. The first kappa shape index (κ1) is 18.9. The van der Waals surface area contributed by atoms with Crippen LogP contribution in [-0.2, 0) is 17.5 Å². The van der Waals surface area contributed by atoms with Gasteiger partial charge in [0.05, 0.1) is 35.8 Å². The lowest BCUT2D eigenvalue weighted by Crippen LogP contribution is -2.15. The molecule has 2 heterocycles. The van der Waals surface area contributed by atoms with Gasteiger partial charge in [0.1, 0.15) is 6.33 Å². The molecule has 0 saturated carbocycles. The number of alkyl halides is 3. The predicted molar refractivity (Wildman–Crippen MR) is 100 cm³/mol. The number of carbonyl (C=O) groups is 1. The van der Waals surface area contributed by atoms with Crippen LogP contribution >= 0.6 is 0 Å². The van der Waals surface area contributed by atoms with Crippen LogP contribution in [0.15, 0.2) is 59.9 Å². The third-order valence-corrected chi connectivity index (χ3v) is 4.63. The number of ether oxygens (including phenoxy) is 1. The summed E-state index contributed by atoms with van der Waals surface area (Å²) in [6, 6.07) is 12.3. The second-order valence-electron chi connectivity index (χ2n) is 6.36. The summed E-state index contributed by atoms with van der Waals surface area (Å²) in [5.41, 5.74) is 1.14. The molecule has 0 spiro atoms. The third-order valence-electron chi connectivity index (χ3n) is 4.63. The van der Waals surface area contributed by atoms with Gasteiger partial charge in [0.25, 0.3) is 0 Å².